The minimum atomic E-state index is -1.24. The second kappa shape index (κ2) is 8.78. The van der Waals surface area contributed by atoms with Gasteiger partial charge in [0.2, 0.25) is 6.41 Å². The summed E-state index contributed by atoms with van der Waals surface area (Å²) in [7, 11) is 1.24. The minimum absolute atomic E-state index is 0.112. The van der Waals surface area contributed by atoms with Gasteiger partial charge in [-0.1, -0.05) is 23.9 Å². The van der Waals surface area contributed by atoms with Gasteiger partial charge in [-0.2, -0.15) is 0 Å². The molecule has 156 valence electrons. The Morgan fingerprint density at radius 2 is 2.23 bits per heavy atom. The normalized spacial score (nSPS) is 20.6. The number of aromatic nitrogens is 1. The molecular formula is C18H17N5O6S. The number of carbonyl (C=O) groups excluding carboxylic acids is 3. The quantitative estimate of drug-likeness (QED) is 0.224. The van der Waals surface area contributed by atoms with Gasteiger partial charge in [0.25, 0.3) is 11.8 Å². The summed E-state index contributed by atoms with van der Waals surface area (Å²) in [4.78, 5) is 57.5. The number of aliphatic carboxylic acids is 1. The van der Waals surface area contributed by atoms with Gasteiger partial charge < -0.3 is 20.6 Å². The summed E-state index contributed by atoms with van der Waals surface area (Å²) in [5, 5.41) is 17.5. The maximum absolute atomic E-state index is 12.8. The van der Waals surface area contributed by atoms with Crippen LogP contribution in [0.1, 0.15) is 5.69 Å². The Balaban J connectivity index is 1.81. The number of β-lactam (4-membered cyclic amide) rings is 1. The van der Waals surface area contributed by atoms with Crippen LogP contribution in [0.2, 0.25) is 0 Å². The van der Waals surface area contributed by atoms with E-state index >= 15 is 0 Å². The summed E-state index contributed by atoms with van der Waals surface area (Å²) >= 11 is 1.31. The molecule has 1 aromatic heterocycles. The minimum Gasteiger partial charge on any atom is -0.477 e. The average molecular weight is 431 g/mol. The number of oxime groups is 1. The molecule has 11 nitrogen and oxygen atoms in total. The van der Waals surface area contributed by atoms with Crippen LogP contribution in [-0.2, 0) is 24.0 Å². The molecule has 2 aliphatic heterocycles. The predicted octanol–water partition coefficient (Wildman–Crippen LogP) is -0.0750. The highest BCUT2D eigenvalue weighted by Crippen LogP contribution is 2.40. The molecule has 2 atom stereocenters. The van der Waals surface area contributed by atoms with Crippen molar-refractivity contribution in [2.24, 2.45) is 5.16 Å². The van der Waals surface area contributed by atoms with Gasteiger partial charge in [-0.25, -0.2) is 9.78 Å². The Labute approximate surface area is 174 Å². The van der Waals surface area contributed by atoms with Crippen molar-refractivity contribution in [2.75, 3.05) is 18.2 Å². The highest BCUT2D eigenvalue weighted by molar-refractivity contribution is 8.00. The van der Waals surface area contributed by atoms with Gasteiger partial charge in [-0.15, -0.1) is 11.8 Å². The standard InChI is InChI=1S/C18H17N5O6S/c1-3-9-7-30-17-13(16(26)23(17)14(9)18(27)28)21-15(25)12(22-29-2)10-5-4-6-11(20-10)19-8-24/h3-6,8,13,17H,1,7H2,2H3,(H,21,25)(H,27,28)(H,19,20,24)/t13?,17-/m0/s1. The third-order valence-electron chi connectivity index (χ3n) is 4.33. The van der Waals surface area contributed by atoms with E-state index in [2.05, 4.69) is 27.4 Å². The number of carboxylic acids is 1. The lowest BCUT2D eigenvalue weighted by molar-refractivity contribution is -0.150. The Morgan fingerprint density at radius 3 is 2.87 bits per heavy atom. The van der Waals surface area contributed by atoms with Crippen molar-refractivity contribution in [2.45, 2.75) is 11.4 Å². The highest BCUT2D eigenvalue weighted by Gasteiger charge is 2.54. The van der Waals surface area contributed by atoms with Gasteiger partial charge >= 0.3 is 5.97 Å². The van der Waals surface area contributed by atoms with Crippen LogP contribution in [0.3, 0.4) is 0 Å². The number of anilines is 1. The number of nitrogens with one attached hydrogen (secondary N) is 2. The molecule has 2 aliphatic rings. The third kappa shape index (κ3) is 3.76. The van der Waals surface area contributed by atoms with Gasteiger partial charge in [-0.05, 0) is 17.7 Å². The van der Waals surface area contributed by atoms with Crippen LogP contribution >= 0.6 is 11.8 Å². The molecule has 0 aromatic carbocycles. The molecular weight excluding hydrogens is 414 g/mol. The monoisotopic (exact) mass is 431 g/mol. The van der Waals surface area contributed by atoms with Gasteiger partial charge in [-0.3, -0.25) is 19.3 Å². The second-order valence-corrected chi connectivity index (χ2v) is 7.14. The van der Waals surface area contributed by atoms with E-state index in [1.165, 1.54) is 37.1 Å². The molecule has 0 saturated carbocycles. The van der Waals surface area contributed by atoms with Crippen LogP contribution in [0.15, 0.2) is 47.3 Å². The Bertz CT molecular complexity index is 991. The van der Waals surface area contributed by atoms with Gasteiger partial charge in [0.15, 0.2) is 5.71 Å². The zero-order chi connectivity index (χ0) is 21.8. The van der Waals surface area contributed by atoms with Gasteiger partial charge in [0, 0.05) is 5.75 Å². The van der Waals surface area contributed by atoms with Crippen LogP contribution in [0.4, 0.5) is 5.82 Å². The fourth-order valence-corrected chi connectivity index (χ4v) is 4.35. The number of carbonyl (C=O) groups is 4. The van der Waals surface area contributed by atoms with Crippen molar-refractivity contribution < 1.29 is 29.1 Å². The summed E-state index contributed by atoms with van der Waals surface area (Å²) in [6.45, 7) is 3.58. The summed E-state index contributed by atoms with van der Waals surface area (Å²) < 4.78 is 0. The number of hydrogen-bond donors (Lipinski definition) is 3. The summed E-state index contributed by atoms with van der Waals surface area (Å²) in [6, 6.07) is 3.62. The number of thioether (sulfide) groups is 1. The predicted molar refractivity (Wildman–Crippen MR) is 107 cm³/mol. The fourth-order valence-electron chi connectivity index (χ4n) is 3.01. The van der Waals surface area contributed by atoms with Crippen molar-refractivity contribution in [3.63, 3.8) is 0 Å². The Hall–Kier alpha value is -3.67. The number of fused-ring (bicyclic) bond motifs is 1. The number of rotatable bonds is 8. The van der Waals surface area contributed by atoms with E-state index in [0.717, 1.165) is 4.90 Å². The first-order valence-corrected chi connectivity index (χ1v) is 9.61. The molecule has 1 unspecified atom stereocenters. The van der Waals surface area contributed by atoms with E-state index in [0.29, 0.717) is 17.7 Å². The first-order valence-electron chi connectivity index (χ1n) is 8.56. The van der Waals surface area contributed by atoms with E-state index in [9.17, 15) is 24.3 Å². The zero-order valence-corrected chi connectivity index (χ0v) is 16.5. The molecule has 1 saturated heterocycles. The van der Waals surface area contributed by atoms with E-state index in [1.807, 2.05) is 0 Å². The fraction of sp³-hybridized carbons (Fsp3) is 0.222. The number of carboxylic acid groups (broad SMARTS) is 1. The molecule has 0 radical (unpaired) electrons. The maximum Gasteiger partial charge on any atom is 0.352 e. The average Bonchev–Trinajstić information content (AvgIpc) is 2.74. The summed E-state index contributed by atoms with van der Waals surface area (Å²) in [6.07, 6.45) is 1.84. The first kappa shape index (κ1) is 21.0. The molecule has 1 fully saturated rings. The SMILES string of the molecule is C=CC1=C(C(=O)O)N2C(=O)C(NC(=O)C(=NOC)c3cccc(NC=O)n3)[C@@H]2SC1. The van der Waals surface area contributed by atoms with Crippen LogP contribution < -0.4 is 10.6 Å². The van der Waals surface area contributed by atoms with Crippen molar-refractivity contribution in [1.29, 1.82) is 0 Å². The molecule has 3 N–H and O–H groups in total. The van der Waals surface area contributed by atoms with E-state index in [1.54, 1.807) is 6.07 Å². The highest BCUT2D eigenvalue weighted by atomic mass is 32.2. The molecule has 3 heterocycles. The molecule has 12 heteroatoms. The van der Waals surface area contributed by atoms with E-state index in [4.69, 9.17) is 4.84 Å². The first-order chi connectivity index (χ1) is 14.4. The number of nitrogens with zero attached hydrogens (tertiary/aromatic N) is 3. The van der Waals surface area contributed by atoms with Crippen LogP contribution in [0.25, 0.3) is 0 Å². The molecule has 1 aromatic rings. The number of hydrogen-bond acceptors (Lipinski definition) is 8. The van der Waals surface area contributed by atoms with E-state index < -0.39 is 29.2 Å². The molecule has 30 heavy (non-hydrogen) atoms. The van der Waals surface area contributed by atoms with Gasteiger partial charge in [0.05, 0.1) is 0 Å². The number of allylic oxidation sites excluding steroid dienone is 1. The lowest BCUT2D eigenvalue weighted by Crippen LogP contribution is -2.71. The largest absolute Gasteiger partial charge is 0.477 e. The Kier molecular flexibility index (Phi) is 6.16. The summed E-state index contributed by atoms with van der Waals surface area (Å²) in [5.74, 6) is -1.99. The van der Waals surface area contributed by atoms with Gasteiger partial charge in [0.1, 0.15) is 35.7 Å². The van der Waals surface area contributed by atoms with Crippen LogP contribution in [0, 0.1) is 0 Å². The lowest BCUT2D eigenvalue weighted by Gasteiger charge is -2.49. The molecule has 0 aliphatic carbocycles. The third-order valence-corrected chi connectivity index (χ3v) is 5.63. The summed E-state index contributed by atoms with van der Waals surface area (Å²) in [5.41, 5.74) is 0.206. The molecule has 0 bridgehead atoms. The maximum atomic E-state index is 12.8. The van der Waals surface area contributed by atoms with E-state index in [-0.39, 0.29) is 22.9 Å². The Morgan fingerprint density at radius 1 is 1.47 bits per heavy atom. The van der Waals surface area contributed by atoms with Crippen molar-refractivity contribution in [3.8, 4) is 0 Å². The van der Waals surface area contributed by atoms with Crippen LogP contribution in [0.5, 0.6) is 0 Å². The van der Waals surface area contributed by atoms with Crippen molar-refractivity contribution >= 4 is 47.5 Å². The van der Waals surface area contributed by atoms with Crippen LogP contribution in [-0.4, -0.2) is 69.2 Å². The molecule has 3 amide bonds. The van der Waals surface area contributed by atoms with Crippen molar-refractivity contribution in [3.05, 3.63) is 47.8 Å². The zero-order valence-electron chi connectivity index (χ0n) is 15.7. The number of amides is 3. The smallest absolute Gasteiger partial charge is 0.352 e. The topological polar surface area (TPSA) is 150 Å². The molecule has 0 spiro atoms. The lowest BCUT2D eigenvalue weighted by atomic mass is 10.0. The number of pyridine rings is 1. The molecule has 3 rings (SSSR count). The van der Waals surface area contributed by atoms with Crippen molar-refractivity contribution in [1.82, 2.24) is 15.2 Å². The second-order valence-electron chi connectivity index (χ2n) is 6.04.